The maximum Gasteiger partial charge on any atom is 0.139 e. The fraction of sp³-hybridized carbons (Fsp3) is 0.0638. The largest absolute Gasteiger partial charge is 0.456 e. The third kappa shape index (κ3) is 4.96. The molecule has 0 N–H and O–H groups in total. The van der Waals surface area contributed by atoms with Crippen LogP contribution in [0, 0.1) is 0 Å². The van der Waals surface area contributed by atoms with Gasteiger partial charge in [0, 0.05) is 39.0 Å². The van der Waals surface area contributed by atoms with Crippen molar-refractivity contribution in [3.63, 3.8) is 0 Å². The molecule has 2 heteroatoms. The Kier molecular flexibility index (Phi) is 6.84. The lowest BCUT2D eigenvalue weighted by Crippen LogP contribution is -2.16. The zero-order valence-electron chi connectivity index (χ0n) is 27.6. The van der Waals surface area contributed by atoms with Crippen LogP contribution in [0.15, 0.2) is 180 Å². The van der Waals surface area contributed by atoms with Crippen molar-refractivity contribution in [1.82, 2.24) is 0 Å². The van der Waals surface area contributed by atoms with E-state index in [1.807, 2.05) is 6.07 Å². The van der Waals surface area contributed by atoms with E-state index < -0.39 is 0 Å². The van der Waals surface area contributed by atoms with Gasteiger partial charge >= 0.3 is 0 Å². The van der Waals surface area contributed by atoms with E-state index in [4.69, 9.17) is 4.42 Å². The molecule has 0 fully saturated rings. The third-order valence-corrected chi connectivity index (χ3v) is 10.1. The lowest BCUT2D eigenvalue weighted by molar-refractivity contribution is 0.619. The van der Waals surface area contributed by atoms with Crippen LogP contribution >= 0.6 is 0 Å². The van der Waals surface area contributed by atoms with E-state index in [-0.39, 0.29) is 5.41 Å². The summed E-state index contributed by atoms with van der Waals surface area (Å²) < 4.78 is 6.47. The monoisotopic (exact) mass is 629 g/mol. The Morgan fingerprint density at radius 2 is 0.857 bits per heavy atom. The predicted molar refractivity (Wildman–Crippen MR) is 205 cm³/mol. The van der Waals surface area contributed by atoms with E-state index >= 15 is 0 Å². The van der Waals surface area contributed by atoms with Crippen LogP contribution in [0.4, 0.5) is 17.1 Å². The third-order valence-electron chi connectivity index (χ3n) is 10.1. The topological polar surface area (TPSA) is 16.4 Å². The molecule has 0 bridgehead atoms. The SMILES string of the molecule is CC1(C)c2cc(N(c3ccc(-c4ccccc4)cc3)c3ccc(-c4ccc(-c5ccccc5)cc4)cc3)ccc2-c2oc3ccccc3c21. The van der Waals surface area contributed by atoms with E-state index in [9.17, 15) is 0 Å². The molecule has 0 spiro atoms. The van der Waals surface area contributed by atoms with Gasteiger partial charge in [0.15, 0.2) is 0 Å². The number of anilines is 3. The van der Waals surface area contributed by atoms with Crippen LogP contribution < -0.4 is 4.90 Å². The molecule has 7 aromatic carbocycles. The molecule has 0 amide bonds. The standard InChI is InChI=1S/C47H35NO/c1-47(2)43-31-40(29-30-41(43)46-45(47)42-15-9-10-16-44(42)49-46)48(38-25-21-36(22-26-38)33-13-7-4-8-14-33)39-27-23-37(24-28-39)35-19-17-34(18-20-35)32-11-5-3-6-12-32/h3-31H,1-2H3. The summed E-state index contributed by atoms with van der Waals surface area (Å²) in [4.78, 5) is 2.37. The molecule has 0 saturated heterocycles. The van der Waals surface area contributed by atoms with Crippen molar-refractivity contribution in [1.29, 1.82) is 0 Å². The smallest absolute Gasteiger partial charge is 0.139 e. The first-order valence-corrected chi connectivity index (χ1v) is 16.9. The summed E-state index contributed by atoms with van der Waals surface area (Å²) in [5.41, 5.74) is 15.1. The number of hydrogen-bond donors (Lipinski definition) is 0. The highest BCUT2D eigenvalue weighted by molar-refractivity contribution is 5.95. The highest BCUT2D eigenvalue weighted by Gasteiger charge is 2.40. The lowest BCUT2D eigenvalue weighted by Gasteiger charge is -2.28. The second kappa shape index (κ2) is 11.5. The van der Waals surface area contributed by atoms with Gasteiger partial charge in [0.1, 0.15) is 11.3 Å². The van der Waals surface area contributed by atoms with Crippen LogP contribution in [0.3, 0.4) is 0 Å². The number of fused-ring (bicyclic) bond motifs is 5. The van der Waals surface area contributed by atoms with Crippen molar-refractivity contribution in [2.45, 2.75) is 19.3 Å². The van der Waals surface area contributed by atoms with Gasteiger partial charge in [0.25, 0.3) is 0 Å². The van der Waals surface area contributed by atoms with Crippen molar-refractivity contribution < 1.29 is 4.42 Å². The molecule has 9 rings (SSSR count). The number of benzene rings is 7. The molecular formula is C47H35NO. The fourth-order valence-electron chi connectivity index (χ4n) is 7.55. The van der Waals surface area contributed by atoms with Crippen LogP contribution in [0.1, 0.15) is 25.0 Å². The van der Waals surface area contributed by atoms with Gasteiger partial charge in [0.2, 0.25) is 0 Å². The van der Waals surface area contributed by atoms with Crippen LogP contribution in [-0.4, -0.2) is 0 Å². The Balaban J connectivity index is 1.11. The first kappa shape index (κ1) is 29.1. The Morgan fingerprint density at radius 3 is 1.39 bits per heavy atom. The summed E-state index contributed by atoms with van der Waals surface area (Å²) in [6, 6.07) is 63.0. The first-order valence-electron chi connectivity index (χ1n) is 16.9. The molecule has 234 valence electrons. The summed E-state index contributed by atoms with van der Waals surface area (Å²) in [7, 11) is 0. The van der Waals surface area contributed by atoms with E-state index in [1.165, 1.54) is 55.5 Å². The first-order chi connectivity index (χ1) is 24.0. The van der Waals surface area contributed by atoms with Crippen molar-refractivity contribution >= 4 is 28.0 Å². The van der Waals surface area contributed by atoms with Gasteiger partial charge < -0.3 is 9.32 Å². The van der Waals surface area contributed by atoms with Gasteiger partial charge in [-0.2, -0.15) is 0 Å². The van der Waals surface area contributed by atoms with Crippen molar-refractivity contribution in [3.05, 3.63) is 187 Å². The maximum absolute atomic E-state index is 6.47. The highest BCUT2D eigenvalue weighted by Crippen LogP contribution is 2.54. The van der Waals surface area contributed by atoms with Crippen molar-refractivity contribution in [2.75, 3.05) is 4.90 Å². The normalized spacial score (nSPS) is 12.9. The van der Waals surface area contributed by atoms with Gasteiger partial charge in [-0.1, -0.05) is 141 Å². The average Bonchev–Trinajstić information content (AvgIpc) is 3.66. The molecule has 1 aliphatic carbocycles. The number of rotatable bonds is 6. The van der Waals surface area contributed by atoms with Crippen LogP contribution in [0.25, 0.3) is 55.7 Å². The maximum atomic E-state index is 6.47. The summed E-state index contributed by atoms with van der Waals surface area (Å²) in [6.07, 6.45) is 0. The average molecular weight is 630 g/mol. The van der Waals surface area contributed by atoms with E-state index in [0.29, 0.717) is 0 Å². The Labute approximate surface area is 287 Å². The Morgan fingerprint density at radius 1 is 0.429 bits per heavy atom. The molecule has 0 aliphatic heterocycles. The molecule has 0 unspecified atom stereocenters. The molecule has 0 saturated carbocycles. The summed E-state index contributed by atoms with van der Waals surface area (Å²) in [5.74, 6) is 0.995. The summed E-state index contributed by atoms with van der Waals surface area (Å²) in [6.45, 7) is 4.64. The number of hydrogen-bond acceptors (Lipinski definition) is 2. The van der Waals surface area contributed by atoms with Crippen molar-refractivity contribution in [3.8, 4) is 44.7 Å². The molecule has 0 atom stereocenters. The van der Waals surface area contributed by atoms with Crippen LogP contribution in [0.5, 0.6) is 0 Å². The van der Waals surface area contributed by atoms with Crippen molar-refractivity contribution in [2.24, 2.45) is 0 Å². The minimum atomic E-state index is -0.202. The molecule has 0 radical (unpaired) electrons. The number of furan rings is 1. The van der Waals surface area contributed by atoms with Gasteiger partial charge in [-0.25, -0.2) is 0 Å². The molecule has 1 heterocycles. The summed E-state index contributed by atoms with van der Waals surface area (Å²) in [5, 5.41) is 1.20. The molecule has 49 heavy (non-hydrogen) atoms. The second-order valence-corrected chi connectivity index (χ2v) is 13.4. The second-order valence-electron chi connectivity index (χ2n) is 13.4. The molecule has 8 aromatic rings. The zero-order chi connectivity index (χ0) is 33.0. The Hall–Kier alpha value is -6.12. The van der Waals surface area contributed by atoms with E-state index in [1.54, 1.807) is 0 Å². The minimum absolute atomic E-state index is 0.202. The predicted octanol–water partition coefficient (Wildman–Crippen LogP) is 13.2. The molecule has 1 aromatic heterocycles. The lowest BCUT2D eigenvalue weighted by atomic mass is 9.81. The fourth-order valence-corrected chi connectivity index (χ4v) is 7.55. The van der Waals surface area contributed by atoms with E-state index in [0.717, 1.165) is 28.4 Å². The van der Waals surface area contributed by atoms with E-state index in [2.05, 4.69) is 189 Å². The Bertz CT molecular complexity index is 2420. The molecule has 1 aliphatic rings. The highest BCUT2D eigenvalue weighted by atomic mass is 16.3. The van der Waals surface area contributed by atoms with Gasteiger partial charge in [0.05, 0.1) is 0 Å². The van der Waals surface area contributed by atoms with Gasteiger partial charge in [-0.15, -0.1) is 0 Å². The minimum Gasteiger partial charge on any atom is -0.456 e. The van der Waals surface area contributed by atoms with Crippen LogP contribution in [0.2, 0.25) is 0 Å². The number of nitrogens with zero attached hydrogens (tertiary/aromatic N) is 1. The molecule has 2 nitrogen and oxygen atoms in total. The molecular weight excluding hydrogens is 595 g/mol. The van der Waals surface area contributed by atoms with Gasteiger partial charge in [-0.05, 0) is 87.5 Å². The van der Waals surface area contributed by atoms with Crippen LogP contribution in [-0.2, 0) is 5.41 Å². The quantitative estimate of drug-likeness (QED) is 0.182. The zero-order valence-corrected chi connectivity index (χ0v) is 27.6. The van der Waals surface area contributed by atoms with Gasteiger partial charge in [-0.3, -0.25) is 0 Å². The summed E-state index contributed by atoms with van der Waals surface area (Å²) >= 11 is 0. The number of para-hydroxylation sites is 1.